The highest BCUT2D eigenvalue weighted by Gasteiger charge is 2.36. The number of hydrogen-bond donors (Lipinski definition) is 2. The summed E-state index contributed by atoms with van der Waals surface area (Å²) in [5.41, 5.74) is 3.58. The van der Waals surface area contributed by atoms with Crippen LogP contribution >= 0.6 is 11.3 Å². The van der Waals surface area contributed by atoms with Crippen molar-refractivity contribution in [2.24, 2.45) is 5.92 Å². The predicted octanol–water partition coefficient (Wildman–Crippen LogP) is 5.22. The van der Waals surface area contributed by atoms with Crippen molar-refractivity contribution < 1.29 is 9.47 Å². The molecular weight excluding hydrogens is 448 g/mol. The Morgan fingerprint density at radius 2 is 1.94 bits per heavy atom. The number of aryl methyl sites for hydroxylation is 2. The number of hydrogen-bond acceptors (Lipinski definition) is 9. The average Bonchev–Trinajstić information content (AvgIpc) is 3.42. The number of fused-ring (bicyclic) bond motifs is 1. The molecule has 184 valence electrons. The molecule has 4 rings (SSSR count). The smallest absolute Gasteiger partial charge is 0.225 e. The molecule has 3 aromatic rings. The predicted molar refractivity (Wildman–Crippen MR) is 139 cm³/mol. The number of nitrogens with one attached hydrogen (secondary N) is 2. The minimum absolute atomic E-state index is 0.0950. The molecule has 0 bridgehead atoms. The number of anilines is 2. The SMILES string of the molecule is COCC(C)Nc1nc(C)c(-c2nc3c(C)nccc3s2)c(NC2CCC(C(C)(C)OC)C2)n1. The zero-order chi connectivity index (χ0) is 24.5. The number of thiazole rings is 1. The van der Waals surface area contributed by atoms with Crippen molar-refractivity contribution >= 4 is 33.3 Å². The Kier molecular flexibility index (Phi) is 7.35. The third kappa shape index (κ3) is 5.16. The maximum atomic E-state index is 5.77. The molecule has 3 unspecified atom stereocenters. The van der Waals surface area contributed by atoms with Crippen LogP contribution in [0.5, 0.6) is 0 Å². The van der Waals surface area contributed by atoms with Gasteiger partial charge in [-0.1, -0.05) is 0 Å². The lowest BCUT2D eigenvalue weighted by Crippen LogP contribution is -2.32. The summed E-state index contributed by atoms with van der Waals surface area (Å²) in [7, 11) is 3.50. The standard InChI is InChI=1S/C25H36N6O2S/c1-14(13-32-6)27-24-28-15(2)20(23-30-21-16(3)26-11-10-19(21)34-23)22(31-24)29-18-9-8-17(12-18)25(4,5)33-7/h10-11,14,17-18H,8-9,12-13H2,1-7H3,(H2,27,28,29,31). The summed E-state index contributed by atoms with van der Waals surface area (Å²) in [6.45, 7) is 11.0. The van der Waals surface area contributed by atoms with E-state index >= 15 is 0 Å². The molecule has 1 aliphatic carbocycles. The number of aromatic nitrogens is 4. The largest absolute Gasteiger partial charge is 0.383 e. The lowest BCUT2D eigenvalue weighted by molar-refractivity contribution is -0.0258. The molecule has 0 aromatic carbocycles. The molecule has 2 N–H and O–H groups in total. The summed E-state index contributed by atoms with van der Waals surface area (Å²) in [5, 5.41) is 8.04. The molecule has 1 aliphatic rings. The Labute approximate surface area is 205 Å². The van der Waals surface area contributed by atoms with Crippen LogP contribution in [-0.2, 0) is 9.47 Å². The Morgan fingerprint density at radius 1 is 1.15 bits per heavy atom. The molecule has 0 saturated heterocycles. The van der Waals surface area contributed by atoms with Crippen LogP contribution in [0, 0.1) is 19.8 Å². The van der Waals surface area contributed by atoms with Gasteiger partial charge in [-0.05, 0) is 65.9 Å². The summed E-state index contributed by atoms with van der Waals surface area (Å²) < 4.78 is 12.2. The normalized spacial score (nSPS) is 19.5. The highest BCUT2D eigenvalue weighted by molar-refractivity contribution is 7.21. The maximum absolute atomic E-state index is 5.77. The number of ether oxygens (including phenoxy) is 2. The van der Waals surface area contributed by atoms with Crippen LogP contribution in [0.4, 0.5) is 11.8 Å². The second-order valence-electron chi connectivity index (χ2n) is 9.78. The van der Waals surface area contributed by atoms with Crippen molar-refractivity contribution in [1.29, 1.82) is 0 Å². The highest BCUT2D eigenvalue weighted by Crippen LogP contribution is 2.40. The van der Waals surface area contributed by atoms with Gasteiger partial charge >= 0.3 is 0 Å². The van der Waals surface area contributed by atoms with Crippen molar-refractivity contribution in [3.63, 3.8) is 0 Å². The lowest BCUT2D eigenvalue weighted by atomic mass is 9.89. The quantitative estimate of drug-likeness (QED) is 0.427. The van der Waals surface area contributed by atoms with E-state index in [1.54, 1.807) is 25.6 Å². The van der Waals surface area contributed by atoms with E-state index in [0.717, 1.165) is 57.3 Å². The fourth-order valence-electron chi connectivity index (χ4n) is 4.70. The van der Waals surface area contributed by atoms with Crippen molar-refractivity contribution in [2.45, 2.75) is 71.6 Å². The molecular formula is C25H36N6O2S. The van der Waals surface area contributed by atoms with Gasteiger partial charge < -0.3 is 20.1 Å². The molecule has 3 atom stereocenters. The first-order valence-electron chi connectivity index (χ1n) is 11.9. The van der Waals surface area contributed by atoms with E-state index in [2.05, 4.69) is 36.4 Å². The number of nitrogens with zero attached hydrogens (tertiary/aromatic N) is 4. The van der Waals surface area contributed by atoms with Crippen molar-refractivity contribution in [1.82, 2.24) is 19.9 Å². The number of rotatable bonds is 9. The van der Waals surface area contributed by atoms with Crippen molar-refractivity contribution in [3.8, 4) is 10.6 Å². The number of methoxy groups -OCH3 is 2. The van der Waals surface area contributed by atoms with Gasteiger partial charge in [-0.3, -0.25) is 4.98 Å². The first kappa shape index (κ1) is 24.8. The van der Waals surface area contributed by atoms with Crippen LogP contribution in [0.1, 0.15) is 51.4 Å². The van der Waals surface area contributed by atoms with Crippen molar-refractivity contribution in [2.75, 3.05) is 31.5 Å². The second kappa shape index (κ2) is 10.1. The summed E-state index contributed by atoms with van der Waals surface area (Å²) >= 11 is 1.66. The summed E-state index contributed by atoms with van der Waals surface area (Å²) in [6.07, 6.45) is 5.07. The van der Waals surface area contributed by atoms with Gasteiger partial charge in [0.25, 0.3) is 0 Å². The van der Waals surface area contributed by atoms with E-state index in [-0.39, 0.29) is 11.6 Å². The average molecular weight is 485 g/mol. The molecule has 3 heterocycles. The first-order valence-corrected chi connectivity index (χ1v) is 12.7. The van der Waals surface area contributed by atoms with Crippen LogP contribution < -0.4 is 10.6 Å². The molecule has 1 fully saturated rings. The first-order chi connectivity index (χ1) is 16.2. The summed E-state index contributed by atoms with van der Waals surface area (Å²) in [5.74, 6) is 1.92. The van der Waals surface area contributed by atoms with Gasteiger partial charge in [0, 0.05) is 32.5 Å². The van der Waals surface area contributed by atoms with Crippen molar-refractivity contribution in [3.05, 3.63) is 23.7 Å². The van der Waals surface area contributed by atoms with Gasteiger partial charge in [0.15, 0.2) is 0 Å². The van der Waals surface area contributed by atoms with Gasteiger partial charge in [-0.2, -0.15) is 4.98 Å². The van der Waals surface area contributed by atoms with E-state index in [4.69, 9.17) is 24.4 Å². The molecule has 8 nitrogen and oxygen atoms in total. The molecule has 3 aromatic heterocycles. The van der Waals surface area contributed by atoms with Crippen LogP contribution in [0.25, 0.3) is 20.8 Å². The van der Waals surface area contributed by atoms with Gasteiger partial charge in [0.1, 0.15) is 16.3 Å². The summed E-state index contributed by atoms with van der Waals surface area (Å²) in [4.78, 5) is 19.1. The Balaban J connectivity index is 1.70. The third-order valence-electron chi connectivity index (χ3n) is 6.87. The Hall–Kier alpha value is -2.36. The molecule has 0 spiro atoms. The molecule has 0 radical (unpaired) electrons. The van der Waals surface area contributed by atoms with E-state index in [1.807, 2.05) is 26.1 Å². The molecule has 34 heavy (non-hydrogen) atoms. The lowest BCUT2D eigenvalue weighted by Gasteiger charge is -2.30. The van der Waals surface area contributed by atoms with Gasteiger partial charge in [0.2, 0.25) is 5.95 Å². The topological polar surface area (TPSA) is 94.1 Å². The zero-order valence-corrected chi connectivity index (χ0v) is 22.0. The van der Waals surface area contributed by atoms with Gasteiger partial charge in [-0.25, -0.2) is 9.97 Å². The fraction of sp³-hybridized carbons (Fsp3) is 0.600. The van der Waals surface area contributed by atoms with Crippen LogP contribution in [0.3, 0.4) is 0 Å². The van der Waals surface area contributed by atoms with E-state index < -0.39 is 0 Å². The van der Waals surface area contributed by atoms with E-state index in [0.29, 0.717) is 24.5 Å². The molecule has 0 aliphatic heterocycles. The van der Waals surface area contributed by atoms with E-state index in [1.165, 1.54) is 0 Å². The minimum Gasteiger partial charge on any atom is -0.383 e. The van der Waals surface area contributed by atoms with Crippen LogP contribution in [0.15, 0.2) is 12.3 Å². The van der Waals surface area contributed by atoms with E-state index in [9.17, 15) is 0 Å². The van der Waals surface area contributed by atoms with Gasteiger partial charge in [0.05, 0.1) is 33.9 Å². The minimum atomic E-state index is -0.138. The number of pyridine rings is 1. The fourth-order valence-corrected chi connectivity index (χ4v) is 5.81. The Bertz CT molecular complexity index is 1150. The zero-order valence-electron chi connectivity index (χ0n) is 21.2. The molecule has 9 heteroatoms. The highest BCUT2D eigenvalue weighted by atomic mass is 32.1. The Morgan fingerprint density at radius 3 is 2.65 bits per heavy atom. The third-order valence-corrected chi connectivity index (χ3v) is 7.91. The second-order valence-corrected chi connectivity index (χ2v) is 10.8. The van der Waals surface area contributed by atoms with Crippen LogP contribution in [0.2, 0.25) is 0 Å². The molecule has 0 amide bonds. The molecule has 1 saturated carbocycles. The van der Waals surface area contributed by atoms with Gasteiger partial charge in [-0.15, -0.1) is 11.3 Å². The monoisotopic (exact) mass is 484 g/mol. The maximum Gasteiger partial charge on any atom is 0.225 e. The van der Waals surface area contributed by atoms with Crippen LogP contribution in [-0.4, -0.2) is 58.4 Å². The summed E-state index contributed by atoms with van der Waals surface area (Å²) in [6, 6.07) is 2.43.